The summed E-state index contributed by atoms with van der Waals surface area (Å²) in [5.41, 5.74) is 1.46. The second-order valence-corrected chi connectivity index (χ2v) is 7.19. The summed E-state index contributed by atoms with van der Waals surface area (Å²) in [5, 5.41) is 0. The average molecular weight is 482 g/mol. The topological polar surface area (TPSA) is 87.3 Å². The lowest BCUT2D eigenvalue weighted by atomic mass is 10.1. The molecule has 156 valence electrons. The third kappa shape index (κ3) is 4.59. The largest absolute Gasteiger partial charge is 0.490 e. The Balaban J connectivity index is 1.65. The smallest absolute Gasteiger partial charge is 0.379 e. The Morgan fingerprint density at radius 3 is 2.68 bits per heavy atom. The van der Waals surface area contributed by atoms with Crippen molar-refractivity contribution in [3.8, 4) is 11.5 Å². The lowest BCUT2D eigenvalue weighted by Crippen LogP contribution is -2.09. The van der Waals surface area contributed by atoms with Crippen LogP contribution in [0, 0.1) is 0 Å². The molecule has 0 radical (unpaired) electrons. The van der Waals surface area contributed by atoms with Crippen LogP contribution in [0.4, 0.5) is 0 Å². The fourth-order valence-electron chi connectivity index (χ4n) is 2.84. The molecule has 31 heavy (non-hydrogen) atoms. The minimum atomic E-state index is -0.658. The Morgan fingerprint density at radius 2 is 1.97 bits per heavy atom. The van der Waals surface area contributed by atoms with Crippen molar-refractivity contribution in [1.29, 1.82) is 0 Å². The van der Waals surface area contributed by atoms with Crippen LogP contribution in [0.15, 0.2) is 80.4 Å². The molecule has 0 atom stereocenters. The van der Waals surface area contributed by atoms with E-state index in [9.17, 15) is 9.59 Å². The van der Waals surface area contributed by atoms with Crippen molar-refractivity contribution in [2.45, 2.75) is 6.92 Å². The van der Waals surface area contributed by atoms with E-state index >= 15 is 0 Å². The van der Waals surface area contributed by atoms with Crippen molar-refractivity contribution in [2.24, 2.45) is 4.99 Å². The second-order valence-electron chi connectivity index (χ2n) is 6.33. The zero-order chi connectivity index (χ0) is 21.8. The van der Waals surface area contributed by atoms with Gasteiger partial charge in [-0.15, -0.1) is 0 Å². The number of carbonyl (C=O) groups is 2. The van der Waals surface area contributed by atoms with Crippen molar-refractivity contribution >= 4 is 39.8 Å². The van der Waals surface area contributed by atoms with Gasteiger partial charge in [0.15, 0.2) is 17.2 Å². The van der Waals surface area contributed by atoms with Crippen LogP contribution in [0.5, 0.6) is 11.5 Å². The Morgan fingerprint density at radius 1 is 1.16 bits per heavy atom. The van der Waals surface area contributed by atoms with E-state index in [1.807, 2.05) is 25.1 Å². The van der Waals surface area contributed by atoms with Gasteiger partial charge in [-0.05, 0) is 70.9 Å². The summed E-state index contributed by atoms with van der Waals surface area (Å²) in [7, 11) is 0. The predicted molar refractivity (Wildman–Crippen MR) is 116 cm³/mol. The van der Waals surface area contributed by atoms with Gasteiger partial charge >= 0.3 is 11.9 Å². The maximum absolute atomic E-state index is 12.3. The first-order chi connectivity index (χ1) is 15.0. The third-order valence-electron chi connectivity index (χ3n) is 4.19. The Labute approximate surface area is 186 Å². The highest BCUT2D eigenvalue weighted by Gasteiger charge is 2.25. The Kier molecular flexibility index (Phi) is 5.99. The van der Waals surface area contributed by atoms with Crippen LogP contribution in [0.25, 0.3) is 6.08 Å². The fourth-order valence-corrected chi connectivity index (χ4v) is 3.38. The highest BCUT2D eigenvalue weighted by Crippen LogP contribution is 2.38. The maximum Gasteiger partial charge on any atom is 0.379 e. The molecule has 2 aromatic carbocycles. The molecule has 1 aliphatic rings. The van der Waals surface area contributed by atoms with E-state index in [2.05, 4.69) is 20.9 Å². The molecule has 3 aromatic rings. The van der Waals surface area contributed by atoms with Gasteiger partial charge < -0.3 is 18.6 Å². The number of halogens is 1. The third-order valence-corrected chi connectivity index (χ3v) is 4.78. The molecule has 0 bridgehead atoms. The first-order valence-electron chi connectivity index (χ1n) is 9.35. The monoisotopic (exact) mass is 481 g/mol. The van der Waals surface area contributed by atoms with Crippen LogP contribution in [-0.4, -0.2) is 24.4 Å². The fraction of sp³-hybridized carbons (Fsp3) is 0.0870. The quantitative estimate of drug-likeness (QED) is 0.279. The Bertz CT molecular complexity index is 1180. The van der Waals surface area contributed by atoms with Crippen molar-refractivity contribution < 1.29 is 28.2 Å². The number of rotatable bonds is 6. The molecule has 0 amide bonds. The summed E-state index contributed by atoms with van der Waals surface area (Å²) in [6.45, 7) is 2.15. The zero-order valence-corrected chi connectivity index (χ0v) is 17.9. The minimum absolute atomic E-state index is 0.0667. The van der Waals surface area contributed by atoms with Crippen LogP contribution in [0.2, 0.25) is 0 Å². The van der Waals surface area contributed by atoms with Gasteiger partial charge in [-0.2, -0.15) is 0 Å². The lowest BCUT2D eigenvalue weighted by Gasteiger charge is -2.13. The Hall–Kier alpha value is -3.65. The first-order valence-corrected chi connectivity index (χ1v) is 10.1. The number of carbonyl (C=O) groups excluding carboxylic acids is 2. The predicted octanol–water partition coefficient (Wildman–Crippen LogP) is 5.00. The van der Waals surface area contributed by atoms with Crippen molar-refractivity contribution in [3.63, 3.8) is 0 Å². The molecule has 0 unspecified atom stereocenters. The van der Waals surface area contributed by atoms with Crippen LogP contribution in [0.1, 0.15) is 28.6 Å². The number of benzene rings is 2. The van der Waals surface area contributed by atoms with Gasteiger partial charge in [0.2, 0.25) is 11.7 Å². The van der Waals surface area contributed by atoms with E-state index in [-0.39, 0.29) is 23.1 Å². The molecule has 0 saturated carbocycles. The normalized spacial score (nSPS) is 14.3. The van der Waals surface area contributed by atoms with E-state index in [1.165, 1.54) is 12.3 Å². The molecular weight excluding hydrogens is 466 g/mol. The molecule has 1 aliphatic heterocycles. The maximum atomic E-state index is 12.3. The molecule has 0 N–H and O–H groups in total. The van der Waals surface area contributed by atoms with E-state index in [0.29, 0.717) is 28.0 Å². The molecule has 8 heteroatoms. The van der Waals surface area contributed by atoms with Gasteiger partial charge in [0.05, 0.1) is 17.3 Å². The van der Waals surface area contributed by atoms with Gasteiger partial charge in [-0.3, -0.25) is 0 Å². The number of hydrogen-bond acceptors (Lipinski definition) is 7. The van der Waals surface area contributed by atoms with E-state index in [4.69, 9.17) is 18.6 Å². The summed E-state index contributed by atoms with van der Waals surface area (Å²) >= 11 is 3.40. The van der Waals surface area contributed by atoms with Gasteiger partial charge in [0, 0.05) is 5.56 Å². The standard InChI is InChI=1S/C23H16BrNO6/c1-2-28-19-13-14(11-16(24)20(19)30-23(27)18-9-6-10-29-18)12-17-22(26)31-21(25-17)15-7-4-3-5-8-15/h3-13H,2H2,1H3/b17-12+. The SMILES string of the molecule is CCOc1cc(/C=C2/N=C(c3ccccc3)OC2=O)cc(Br)c1OC(=O)c1ccco1. The number of furan rings is 1. The number of esters is 2. The van der Waals surface area contributed by atoms with Gasteiger partial charge in [-0.25, -0.2) is 14.6 Å². The summed E-state index contributed by atoms with van der Waals surface area (Å²) in [6.07, 6.45) is 2.96. The zero-order valence-electron chi connectivity index (χ0n) is 16.3. The summed E-state index contributed by atoms with van der Waals surface area (Å²) < 4.78 is 21.9. The van der Waals surface area contributed by atoms with Gasteiger partial charge in [0.1, 0.15) is 0 Å². The summed E-state index contributed by atoms with van der Waals surface area (Å²) in [4.78, 5) is 28.8. The average Bonchev–Trinajstić information content (AvgIpc) is 3.42. The van der Waals surface area contributed by atoms with E-state index in [1.54, 1.807) is 36.4 Å². The van der Waals surface area contributed by atoms with Crippen molar-refractivity contribution in [1.82, 2.24) is 0 Å². The molecule has 4 rings (SSSR count). The number of aliphatic imine (C=N–C) groups is 1. The number of hydrogen-bond donors (Lipinski definition) is 0. The number of nitrogens with zero attached hydrogens (tertiary/aromatic N) is 1. The first kappa shape index (κ1) is 20.6. The molecule has 2 heterocycles. The lowest BCUT2D eigenvalue weighted by molar-refractivity contribution is -0.129. The molecular formula is C23H16BrNO6. The molecule has 1 aromatic heterocycles. The van der Waals surface area contributed by atoms with Crippen LogP contribution in [0.3, 0.4) is 0 Å². The molecule has 0 spiro atoms. The van der Waals surface area contributed by atoms with Gasteiger partial charge in [0.25, 0.3) is 0 Å². The highest BCUT2D eigenvalue weighted by molar-refractivity contribution is 9.10. The molecule has 7 nitrogen and oxygen atoms in total. The minimum Gasteiger partial charge on any atom is -0.490 e. The van der Waals surface area contributed by atoms with Gasteiger partial charge in [-0.1, -0.05) is 18.2 Å². The second kappa shape index (κ2) is 9.01. The summed E-state index contributed by atoms with van der Waals surface area (Å²) in [5.74, 6) is -0.382. The van der Waals surface area contributed by atoms with E-state index in [0.717, 1.165) is 0 Å². The van der Waals surface area contributed by atoms with Crippen molar-refractivity contribution in [3.05, 3.63) is 87.9 Å². The number of ether oxygens (including phenoxy) is 3. The molecule has 0 fully saturated rings. The molecule has 0 aliphatic carbocycles. The summed E-state index contributed by atoms with van der Waals surface area (Å²) in [6, 6.07) is 15.6. The molecule has 0 saturated heterocycles. The highest BCUT2D eigenvalue weighted by atomic mass is 79.9. The van der Waals surface area contributed by atoms with Crippen molar-refractivity contribution in [2.75, 3.05) is 6.61 Å². The van der Waals surface area contributed by atoms with Crippen LogP contribution in [-0.2, 0) is 9.53 Å². The van der Waals surface area contributed by atoms with Crippen LogP contribution >= 0.6 is 15.9 Å². The van der Waals surface area contributed by atoms with Crippen LogP contribution < -0.4 is 9.47 Å². The number of cyclic esters (lactones) is 1. The van der Waals surface area contributed by atoms with E-state index < -0.39 is 11.9 Å².